The molecule has 0 saturated heterocycles. The van der Waals surface area contributed by atoms with Crippen LogP contribution in [-0.4, -0.2) is 11.0 Å². The van der Waals surface area contributed by atoms with Crippen LogP contribution >= 0.6 is 22.9 Å². The number of rotatable bonds is 4. The van der Waals surface area contributed by atoms with Crippen LogP contribution in [0.5, 0.6) is 5.75 Å². The van der Waals surface area contributed by atoms with E-state index in [2.05, 4.69) is 4.98 Å². The molecule has 3 aromatic rings. The molecule has 0 spiro atoms. The van der Waals surface area contributed by atoms with Gasteiger partial charge in [0, 0.05) is 16.0 Å². The summed E-state index contributed by atoms with van der Waals surface area (Å²) in [5.41, 5.74) is 2.13. The molecule has 0 atom stereocenters. The number of thiazole rings is 1. The summed E-state index contributed by atoms with van der Waals surface area (Å²) in [6.07, 6.45) is 0.0874. The third-order valence-corrected chi connectivity index (χ3v) is 4.38. The lowest BCUT2D eigenvalue weighted by atomic mass is 10.2. The van der Waals surface area contributed by atoms with Gasteiger partial charge < -0.3 is 4.74 Å². The number of carbonyl (C=O) groups excluding carboxylic acids is 1. The third kappa shape index (κ3) is 3.99. The Balaban J connectivity index is 1.64. The van der Waals surface area contributed by atoms with Gasteiger partial charge in [-0.25, -0.2) is 4.98 Å². The highest BCUT2D eigenvalue weighted by Gasteiger charge is 2.11. The van der Waals surface area contributed by atoms with Crippen LogP contribution in [0, 0.1) is 11.3 Å². The highest BCUT2D eigenvalue weighted by Crippen LogP contribution is 2.25. The van der Waals surface area contributed by atoms with E-state index in [0.29, 0.717) is 22.0 Å². The zero-order valence-electron chi connectivity index (χ0n) is 12.4. The van der Waals surface area contributed by atoms with Crippen molar-refractivity contribution >= 4 is 28.9 Å². The van der Waals surface area contributed by atoms with E-state index in [0.717, 1.165) is 10.6 Å². The quantitative estimate of drug-likeness (QED) is 0.511. The number of ether oxygens (including phenoxy) is 1. The molecular weight excluding hydrogens is 344 g/mol. The smallest absolute Gasteiger partial charge is 0.317 e. The summed E-state index contributed by atoms with van der Waals surface area (Å²) < 4.78 is 5.25. The fourth-order valence-corrected chi connectivity index (χ4v) is 2.98. The number of halogens is 1. The van der Waals surface area contributed by atoms with Crippen LogP contribution in [0.3, 0.4) is 0 Å². The molecule has 118 valence electrons. The molecule has 0 aliphatic rings. The topological polar surface area (TPSA) is 63.0 Å². The van der Waals surface area contributed by atoms with E-state index in [-0.39, 0.29) is 6.42 Å². The Morgan fingerprint density at radius 2 is 1.88 bits per heavy atom. The van der Waals surface area contributed by atoms with E-state index in [1.54, 1.807) is 36.4 Å². The predicted molar refractivity (Wildman–Crippen MR) is 93.1 cm³/mol. The molecule has 0 saturated carbocycles. The van der Waals surface area contributed by atoms with Crippen molar-refractivity contribution in [1.82, 2.24) is 4.98 Å². The molecule has 6 heteroatoms. The minimum absolute atomic E-state index is 0.0874. The summed E-state index contributed by atoms with van der Waals surface area (Å²) in [4.78, 5) is 16.4. The molecule has 0 bridgehead atoms. The molecule has 0 unspecified atom stereocenters. The molecule has 0 amide bonds. The first kappa shape index (κ1) is 16.2. The molecule has 0 radical (unpaired) electrons. The van der Waals surface area contributed by atoms with E-state index < -0.39 is 5.97 Å². The van der Waals surface area contributed by atoms with Gasteiger partial charge in [-0.15, -0.1) is 11.3 Å². The van der Waals surface area contributed by atoms with Crippen molar-refractivity contribution in [3.63, 3.8) is 0 Å². The van der Waals surface area contributed by atoms with Crippen molar-refractivity contribution in [1.29, 1.82) is 5.26 Å². The molecule has 1 aromatic heterocycles. The van der Waals surface area contributed by atoms with Crippen molar-refractivity contribution in [2.24, 2.45) is 0 Å². The molecule has 0 N–H and O–H groups in total. The number of aromatic nitrogens is 1. The lowest BCUT2D eigenvalue weighted by Crippen LogP contribution is -2.11. The van der Waals surface area contributed by atoms with Crippen LogP contribution in [0.4, 0.5) is 0 Å². The molecular formula is C18H11ClN2O2S. The van der Waals surface area contributed by atoms with Crippen molar-refractivity contribution in [3.05, 3.63) is 70.2 Å². The first-order valence-electron chi connectivity index (χ1n) is 7.05. The maximum Gasteiger partial charge on any atom is 0.317 e. The highest BCUT2D eigenvalue weighted by atomic mass is 35.5. The molecule has 0 fully saturated rings. The first-order valence-corrected chi connectivity index (χ1v) is 8.31. The summed E-state index contributed by atoms with van der Waals surface area (Å²) in [5.74, 6) is 0.0137. The summed E-state index contributed by atoms with van der Waals surface area (Å²) in [6.45, 7) is 0. The first-order chi connectivity index (χ1) is 11.6. The van der Waals surface area contributed by atoms with Gasteiger partial charge in [-0.3, -0.25) is 4.79 Å². The number of carbonyl (C=O) groups is 1. The van der Waals surface area contributed by atoms with Crippen LogP contribution in [-0.2, 0) is 11.2 Å². The zero-order valence-corrected chi connectivity index (χ0v) is 14.0. The van der Waals surface area contributed by atoms with Crippen molar-refractivity contribution in [2.45, 2.75) is 6.42 Å². The Morgan fingerprint density at radius 3 is 2.54 bits per heavy atom. The number of nitrogens with zero attached hydrogens (tertiary/aromatic N) is 2. The fraction of sp³-hybridized carbons (Fsp3) is 0.0556. The van der Waals surface area contributed by atoms with Gasteiger partial charge in [0.1, 0.15) is 10.8 Å². The van der Waals surface area contributed by atoms with E-state index in [1.165, 1.54) is 11.3 Å². The number of hydrogen-bond donors (Lipinski definition) is 0. The van der Waals surface area contributed by atoms with Crippen LogP contribution in [0.15, 0.2) is 53.9 Å². The van der Waals surface area contributed by atoms with Gasteiger partial charge >= 0.3 is 5.97 Å². The number of nitriles is 1. The predicted octanol–water partition coefficient (Wildman–Crippen LogP) is 4.48. The fourth-order valence-electron chi connectivity index (χ4n) is 2.03. The minimum Gasteiger partial charge on any atom is -0.426 e. The Bertz CT molecular complexity index is 896. The van der Waals surface area contributed by atoms with Crippen molar-refractivity contribution in [3.8, 4) is 22.4 Å². The lowest BCUT2D eigenvalue weighted by molar-refractivity contribution is -0.133. The van der Waals surface area contributed by atoms with Crippen LogP contribution in [0.1, 0.15) is 11.3 Å². The summed E-state index contributed by atoms with van der Waals surface area (Å²) in [7, 11) is 0. The van der Waals surface area contributed by atoms with Crippen LogP contribution in [0.2, 0.25) is 5.02 Å². The van der Waals surface area contributed by atoms with E-state index in [4.69, 9.17) is 21.6 Å². The second-order valence-corrected chi connectivity index (χ2v) is 6.23. The van der Waals surface area contributed by atoms with Gasteiger partial charge in [-0.2, -0.15) is 5.26 Å². The number of hydrogen-bond acceptors (Lipinski definition) is 5. The molecule has 0 aliphatic heterocycles. The van der Waals surface area contributed by atoms with Gasteiger partial charge in [0.15, 0.2) is 0 Å². The largest absolute Gasteiger partial charge is 0.426 e. The molecule has 3 rings (SSSR count). The Morgan fingerprint density at radius 1 is 1.17 bits per heavy atom. The maximum absolute atomic E-state index is 12.0. The third-order valence-electron chi connectivity index (χ3n) is 3.18. The maximum atomic E-state index is 12.0. The van der Waals surface area contributed by atoms with Gasteiger partial charge in [0.05, 0.1) is 23.7 Å². The van der Waals surface area contributed by atoms with Crippen molar-refractivity contribution < 1.29 is 9.53 Å². The van der Waals surface area contributed by atoms with Gasteiger partial charge in [0.2, 0.25) is 0 Å². The Kier molecular flexibility index (Phi) is 4.90. The van der Waals surface area contributed by atoms with Crippen LogP contribution in [0.25, 0.3) is 10.6 Å². The average molecular weight is 355 g/mol. The highest BCUT2D eigenvalue weighted by molar-refractivity contribution is 7.13. The molecule has 24 heavy (non-hydrogen) atoms. The van der Waals surface area contributed by atoms with Crippen LogP contribution < -0.4 is 4.74 Å². The number of esters is 1. The normalized spacial score (nSPS) is 10.2. The van der Waals surface area contributed by atoms with Gasteiger partial charge in [0.25, 0.3) is 0 Å². The summed E-state index contributed by atoms with van der Waals surface area (Å²) >= 11 is 7.34. The van der Waals surface area contributed by atoms with Crippen molar-refractivity contribution in [2.75, 3.05) is 0 Å². The monoisotopic (exact) mass is 354 g/mol. The standard InChI is InChI=1S/C18H11ClN2O2S/c19-14-5-3-13(4-6-14)18-21-15(11-24-18)9-17(22)23-16-7-1-12(10-20)2-8-16/h1-8,11H,9H2. The summed E-state index contributed by atoms with van der Waals surface area (Å²) in [6, 6.07) is 15.8. The minimum atomic E-state index is -0.396. The van der Waals surface area contributed by atoms with Gasteiger partial charge in [-0.05, 0) is 36.4 Å². The second kappa shape index (κ2) is 7.26. The average Bonchev–Trinajstić information content (AvgIpc) is 3.04. The van der Waals surface area contributed by atoms with E-state index >= 15 is 0 Å². The van der Waals surface area contributed by atoms with E-state index in [9.17, 15) is 4.79 Å². The Hall–Kier alpha value is -2.68. The lowest BCUT2D eigenvalue weighted by Gasteiger charge is -2.02. The SMILES string of the molecule is N#Cc1ccc(OC(=O)Cc2csc(-c3ccc(Cl)cc3)n2)cc1. The molecule has 1 heterocycles. The summed E-state index contributed by atoms with van der Waals surface area (Å²) in [5, 5.41) is 12.1. The molecule has 4 nitrogen and oxygen atoms in total. The molecule has 2 aromatic carbocycles. The van der Waals surface area contributed by atoms with E-state index in [1.807, 2.05) is 23.6 Å². The molecule has 0 aliphatic carbocycles. The Labute approximate surface area is 147 Å². The van der Waals surface area contributed by atoms with Gasteiger partial charge in [-0.1, -0.05) is 23.7 Å². The second-order valence-electron chi connectivity index (χ2n) is 4.94. The zero-order chi connectivity index (χ0) is 16.9. The number of benzene rings is 2.